The van der Waals surface area contributed by atoms with E-state index in [0.29, 0.717) is 28.2 Å². The van der Waals surface area contributed by atoms with Crippen molar-refractivity contribution < 1.29 is 4.92 Å². The van der Waals surface area contributed by atoms with E-state index in [9.17, 15) is 10.1 Å². The summed E-state index contributed by atoms with van der Waals surface area (Å²) >= 11 is 6.60. The lowest BCUT2D eigenvalue weighted by molar-refractivity contribution is -0.386. The molecule has 148 valence electrons. The first-order chi connectivity index (χ1) is 13.3. The van der Waals surface area contributed by atoms with Crippen molar-refractivity contribution in [2.45, 2.75) is 45.1 Å². The molecule has 0 atom stereocenters. The van der Waals surface area contributed by atoms with Gasteiger partial charge in [0.2, 0.25) is 5.16 Å². The number of nitro groups is 1. The average Bonchev–Trinajstić information content (AvgIpc) is 3.26. The molecule has 3 aromatic rings. The van der Waals surface area contributed by atoms with Crippen LogP contribution in [0.4, 0.5) is 5.69 Å². The van der Waals surface area contributed by atoms with Crippen LogP contribution in [-0.4, -0.2) is 35.8 Å². The fourth-order valence-corrected chi connectivity index (χ4v) is 5.28. The summed E-state index contributed by atoms with van der Waals surface area (Å²) in [4.78, 5) is 13.0. The largest absolute Gasteiger partial charge is 0.312 e. The minimum atomic E-state index is -0.403. The fraction of sp³-hybridized carbons (Fsp3) is 0.375. The van der Waals surface area contributed by atoms with Gasteiger partial charge in [-0.15, -0.1) is 21.5 Å². The summed E-state index contributed by atoms with van der Waals surface area (Å²) in [6, 6.07) is 2.04. The van der Waals surface area contributed by atoms with Crippen molar-refractivity contribution in [2.24, 2.45) is 5.10 Å². The Kier molecular flexibility index (Phi) is 6.30. The lowest BCUT2D eigenvalue weighted by atomic mass is 10.3. The molecule has 0 N–H and O–H groups in total. The summed E-state index contributed by atoms with van der Waals surface area (Å²) in [5.41, 5.74) is 0.955. The Labute approximate surface area is 178 Å². The molecular formula is C16H18BrN7O2S2. The number of aromatic nitrogens is 5. The summed E-state index contributed by atoms with van der Waals surface area (Å²) in [5.74, 6) is 1.03. The van der Waals surface area contributed by atoms with Gasteiger partial charge in [-0.25, -0.2) is 0 Å². The molecule has 0 aliphatic rings. The van der Waals surface area contributed by atoms with E-state index in [0.717, 1.165) is 15.8 Å². The van der Waals surface area contributed by atoms with Gasteiger partial charge in [0.1, 0.15) is 11.4 Å². The van der Waals surface area contributed by atoms with Crippen LogP contribution in [0.25, 0.3) is 0 Å². The third kappa shape index (κ3) is 4.18. The molecule has 0 saturated carbocycles. The lowest BCUT2D eigenvalue weighted by Crippen LogP contribution is -2.02. The van der Waals surface area contributed by atoms with Gasteiger partial charge in [0.15, 0.2) is 5.82 Å². The van der Waals surface area contributed by atoms with Crippen LogP contribution in [0.5, 0.6) is 0 Å². The smallest absolute Gasteiger partial charge is 0.258 e. The van der Waals surface area contributed by atoms with Crippen LogP contribution in [0.1, 0.15) is 33.9 Å². The van der Waals surface area contributed by atoms with E-state index in [1.54, 1.807) is 40.8 Å². The van der Waals surface area contributed by atoms with Crippen LogP contribution in [0.3, 0.4) is 0 Å². The van der Waals surface area contributed by atoms with Crippen molar-refractivity contribution in [1.29, 1.82) is 0 Å². The number of halogens is 1. The number of nitrogens with zero attached hydrogens (tertiary/aromatic N) is 7. The van der Waals surface area contributed by atoms with Gasteiger partial charge in [-0.3, -0.25) is 14.8 Å². The van der Waals surface area contributed by atoms with E-state index in [1.807, 2.05) is 13.0 Å². The minimum absolute atomic E-state index is 0.0475. The molecule has 0 aromatic carbocycles. The van der Waals surface area contributed by atoms with Crippen molar-refractivity contribution in [3.63, 3.8) is 0 Å². The maximum absolute atomic E-state index is 11.2. The van der Waals surface area contributed by atoms with Crippen LogP contribution in [0.15, 0.2) is 20.8 Å². The van der Waals surface area contributed by atoms with Crippen molar-refractivity contribution in [2.75, 3.05) is 0 Å². The van der Waals surface area contributed by atoms with Crippen molar-refractivity contribution in [3.05, 3.63) is 47.6 Å². The number of hydrogen-bond acceptors (Lipinski definition) is 8. The minimum Gasteiger partial charge on any atom is -0.258 e. The average molecular weight is 484 g/mol. The number of rotatable bonds is 7. The van der Waals surface area contributed by atoms with Crippen LogP contribution in [-0.2, 0) is 12.3 Å². The molecule has 0 radical (unpaired) electrons. The highest BCUT2D eigenvalue weighted by atomic mass is 79.9. The SMILES string of the molecule is CCc1sc(C=Nn2c(C)nnc2SCn2nc(C)c([N+](=O)[O-])c2C)cc1Br. The highest BCUT2D eigenvalue weighted by molar-refractivity contribution is 9.10. The van der Waals surface area contributed by atoms with E-state index in [4.69, 9.17) is 0 Å². The summed E-state index contributed by atoms with van der Waals surface area (Å²) in [7, 11) is 0. The highest BCUT2D eigenvalue weighted by Crippen LogP contribution is 2.28. The quantitative estimate of drug-likeness (QED) is 0.214. The van der Waals surface area contributed by atoms with Crippen molar-refractivity contribution >= 4 is 50.9 Å². The first-order valence-electron chi connectivity index (χ1n) is 8.37. The monoisotopic (exact) mass is 483 g/mol. The zero-order valence-corrected chi connectivity index (χ0v) is 18.9. The van der Waals surface area contributed by atoms with Gasteiger partial charge in [-0.05, 0) is 49.2 Å². The number of thiophene rings is 1. The Morgan fingerprint density at radius 3 is 2.75 bits per heavy atom. The molecule has 0 amide bonds. The number of hydrogen-bond donors (Lipinski definition) is 0. The summed E-state index contributed by atoms with van der Waals surface area (Å²) in [5, 5.41) is 28.8. The van der Waals surface area contributed by atoms with E-state index in [1.165, 1.54) is 16.6 Å². The van der Waals surface area contributed by atoms with Gasteiger partial charge >= 0.3 is 5.69 Å². The molecule has 3 heterocycles. The van der Waals surface area contributed by atoms with Gasteiger partial charge in [-0.1, -0.05) is 18.7 Å². The second-order valence-corrected chi connectivity index (χ2v) is 8.84. The molecule has 0 aliphatic carbocycles. The molecule has 0 fully saturated rings. The van der Waals surface area contributed by atoms with E-state index in [2.05, 4.69) is 43.3 Å². The number of aryl methyl sites for hydroxylation is 3. The van der Waals surface area contributed by atoms with E-state index >= 15 is 0 Å². The third-order valence-electron chi connectivity index (χ3n) is 4.01. The summed E-state index contributed by atoms with van der Waals surface area (Å²) in [6.45, 7) is 7.25. The van der Waals surface area contributed by atoms with Crippen LogP contribution < -0.4 is 0 Å². The topological polar surface area (TPSA) is 104 Å². The maximum Gasteiger partial charge on any atom is 0.312 e. The highest BCUT2D eigenvalue weighted by Gasteiger charge is 2.22. The molecule has 0 saturated heterocycles. The standard InChI is InChI=1S/C16H18BrN7O2S2/c1-5-14-13(17)6-12(28-14)7-18-23-11(4)19-20-16(23)27-8-22-10(3)15(24(25)26)9(2)21-22/h6-7H,5,8H2,1-4H3. The Morgan fingerprint density at radius 2 is 2.14 bits per heavy atom. The molecular weight excluding hydrogens is 466 g/mol. The second-order valence-electron chi connectivity index (χ2n) is 5.91. The zero-order valence-electron chi connectivity index (χ0n) is 15.7. The van der Waals surface area contributed by atoms with Crippen LogP contribution >= 0.6 is 39.0 Å². The second kappa shape index (κ2) is 8.53. The molecule has 28 heavy (non-hydrogen) atoms. The van der Waals surface area contributed by atoms with E-state index < -0.39 is 4.92 Å². The first-order valence-corrected chi connectivity index (χ1v) is 11.0. The fourth-order valence-electron chi connectivity index (χ4n) is 2.60. The van der Waals surface area contributed by atoms with Gasteiger partial charge < -0.3 is 0 Å². The van der Waals surface area contributed by atoms with Gasteiger partial charge in [0.25, 0.3) is 0 Å². The zero-order chi connectivity index (χ0) is 20.4. The van der Waals surface area contributed by atoms with Gasteiger partial charge in [0, 0.05) is 14.2 Å². The van der Waals surface area contributed by atoms with Gasteiger partial charge in [0.05, 0.1) is 17.0 Å². The molecule has 12 heteroatoms. The van der Waals surface area contributed by atoms with Gasteiger partial charge in [-0.2, -0.15) is 14.9 Å². The lowest BCUT2D eigenvalue weighted by Gasteiger charge is -2.03. The third-order valence-corrected chi connectivity index (χ3v) is 7.08. The van der Waals surface area contributed by atoms with Crippen molar-refractivity contribution in [3.8, 4) is 0 Å². The Balaban J connectivity index is 1.79. The Morgan fingerprint density at radius 1 is 1.39 bits per heavy atom. The normalized spacial score (nSPS) is 11.6. The summed E-state index contributed by atoms with van der Waals surface area (Å²) < 4.78 is 4.34. The molecule has 0 bridgehead atoms. The molecule has 0 aliphatic heterocycles. The maximum atomic E-state index is 11.2. The van der Waals surface area contributed by atoms with Crippen LogP contribution in [0.2, 0.25) is 0 Å². The van der Waals surface area contributed by atoms with Crippen molar-refractivity contribution in [1.82, 2.24) is 24.7 Å². The predicted molar refractivity (Wildman–Crippen MR) is 113 cm³/mol. The number of thioether (sulfide) groups is 1. The molecule has 0 unspecified atom stereocenters. The molecule has 0 spiro atoms. The Hall–Kier alpha value is -2.05. The Bertz CT molecular complexity index is 1050. The predicted octanol–water partition coefficient (Wildman–Crippen LogP) is 4.33. The summed E-state index contributed by atoms with van der Waals surface area (Å²) in [6.07, 6.45) is 2.74. The molecule has 9 nitrogen and oxygen atoms in total. The van der Waals surface area contributed by atoms with Crippen LogP contribution in [0, 0.1) is 30.9 Å². The van der Waals surface area contributed by atoms with E-state index in [-0.39, 0.29) is 5.69 Å². The molecule has 3 aromatic heterocycles. The molecule has 3 rings (SSSR count). The first kappa shape index (κ1) is 20.7.